The van der Waals surface area contributed by atoms with Crippen molar-refractivity contribution in [3.05, 3.63) is 71.7 Å². The fraction of sp³-hybridized carbons (Fsp3) is 0.211. The third-order valence-corrected chi connectivity index (χ3v) is 3.79. The molecular weight excluding hydrogens is 302 g/mol. The fourth-order valence-corrected chi connectivity index (χ4v) is 2.46. The summed E-state index contributed by atoms with van der Waals surface area (Å²) in [7, 11) is 1.75. The number of amides is 1. The highest BCUT2D eigenvalue weighted by Crippen LogP contribution is 2.19. The van der Waals surface area contributed by atoms with Crippen molar-refractivity contribution >= 4 is 5.91 Å². The van der Waals surface area contributed by atoms with E-state index in [1.54, 1.807) is 24.2 Å². The van der Waals surface area contributed by atoms with E-state index in [2.05, 4.69) is 10.1 Å². The molecule has 0 fully saturated rings. The highest BCUT2D eigenvalue weighted by Gasteiger charge is 2.15. The molecule has 1 aromatic carbocycles. The van der Waals surface area contributed by atoms with Gasteiger partial charge in [-0.05, 0) is 18.6 Å². The molecule has 122 valence electrons. The van der Waals surface area contributed by atoms with Crippen molar-refractivity contribution in [2.45, 2.75) is 19.9 Å². The summed E-state index contributed by atoms with van der Waals surface area (Å²) in [5.74, 6) is 0.583. The van der Waals surface area contributed by atoms with Crippen molar-refractivity contribution in [1.29, 1.82) is 0 Å². The quantitative estimate of drug-likeness (QED) is 0.721. The van der Waals surface area contributed by atoms with Gasteiger partial charge in [0, 0.05) is 36.1 Å². The number of hydrogen-bond donors (Lipinski definition) is 0. The van der Waals surface area contributed by atoms with Crippen LogP contribution in [0.3, 0.4) is 0 Å². The summed E-state index contributed by atoms with van der Waals surface area (Å²) < 4.78 is 5.36. The van der Waals surface area contributed by atoms with Gasteiger partial charge in [0.05, 0.1) is 6.54 Å². The highest BCUT2D eigenvalue weighted by atomic mass is 16.5. The summed E-state index contributed by atoms with van der Waals surface area (Å²) in [4.78, 5) is 18.4. The number of carbonyl (C=O) groups excluding carboxylic acids is 1. The van der Waals surface area contributed by atoms with E-state index in [-0.39, 0.29) is 5.91 Å². The summed E-state index contributed by atoms with van der Waals surface area (Å²) in [5.41, 5.74) is 3.29. The van der Waals surface area contributed by atoms with E-state index in [9.17, 15) is 4.79 Å². The van der Waals surface area contributed by atoms with Crippen molar-refractivity contribution in [2.24, 2.45) is 0 Å². The van der Waals surface area contributed by atoms with Crippen LogP contribution in [-0.4, -0.2) is 28.0 Å². The maximum absolute atomic E-state index is 12.5. The summed E-state index contributed by atoms with van der Waals surface area (Å²) in [6, 6.07) is 15.2. The van der Waals surface area contributed by atoms with Gasteiger partial charge in [0.25, 0.3) is 5.91 Å². The molecule has 0 saturated heterocycles. The second-order valence-electron chi connectivity index (χ2n) is 5.60. The number of aryl methyl sites for hydroxylation is 1. The molecule has 2 aromatic heterocycles. The minimum atomic E-state index is -0.0650. The molecule has 5 heteroatoms. The maximum atomic E-state index is 12.5. The first-order valence-corrected chi connectivity index (χ1v) is 7.88. The molecule has 3 aromatic rings. The minimum Gasteiger partial charge on any atom is -0.359 e. The number of benzene rings is 1. The molecule has 0 atom stereocenters. The van der Waals surface area contributed by atoms with Crippen molar-refractivity contribution in [3.8, 4) is 11.3 Å². The van der Waals surface area contributed by atoms with E-state index in [0.29, 0.717) is 17.9 Å². The number of aromatic nitrogens is 2. The van der Waals surface area contributed by atoms with Crippen LogP contribution in [0.5, 0.6) is 0 Å². The van der Waals surface area contributed by atoms with Crippen LogP contribution in [0.4, 0.5) is 0 Å². The molecule has 0 aliphatic rings. The lowest BCUT2D eigenvalue weighted by Gasteiger charge is -2.15. The van der Waals surface area contributed by atoms with Gasteiger partial charge in [-0.2, -0.15) is 0 Å². The van der Waals surface area contributed by atoms with E-state index in [4.69, 9.17) is 4.52 Å². The zero-order valence-corrected chi connectivity index (χ0v) is 13.8. The summed E-state index contributed by atoms with van der Waals surface area (Å²) in [6.45, 7) is 2.38. The van der Waals surface area contributed by atoms with Crippen LogP contribution in [0, 0.1) is 0 Å². The Bertz CT molecular complexity index is 827. The first-order valence-electron chi connectivity index (χ1n) is 7.88. The molecule has 3 rings (SSSR count). The molecule has 0 saturated carbocycles. The van der Waals surface area contributed by atoms with Gasteiger partial charge in [0.15, 0.2) is 5.76 Å². The predicted octanol–water partition coefficient (Wildman–Crippen LogP) is 3.57. The first kappa shape index (κ1) is 15.9. The highest BCUT2D eigenvalue weighted by molar-refractivity contribution is 5.94. The van der Waals surface area contributed by atoms with E-state index in [1.807, 2.05) is 49.4 Å². The lowest BCUT2D eigenvalue weighted by molar-refractivity contribution is 0.0772. The Labute approximate surface area is 140 Å². The second kappa shape index (κ2) is 7.08. The SMILES string of the molecule is CCc1cc(C(=O)N(C)Cc2cc(-c3ccccc3)no2)ccn1. The molecule has 24 heavy (non-hydrogen) atoms. The molecule has 0 aliphatic carbocycles. The van der Waals surface area contributed by atoms with Crippen molar-refractivity contribution in [2.75, 3.05) is 7.05 Å². The van der Waals surface area contributed by atoms with Crippen LogP contribution >= 0.6 is 0 Å². The predicted molar refractivity (Wildman–Crippen MR) is 91.4 cm³/mol. The molecule has 0 spiro atoms. The summed E-state index contributed by atoms with van der Waals surface area (Å²) in [5, 5.41) is 4.08. The number of hydrogen-bond acceptors (Lipinski definition) is 4. The second-order valence-corrected chi connectivity index (χ2v) is 5.60. The van der Waals surface area contributed by atoms with Crippen LogP contribution in [0.15, 0.2) is 59.3 Å². The summed E-state index contributed by atoms with van der Waals surface area (Å²) in [6.07, 6.45) is 2.47. The minimum absolute atomic E-state index is 0.0650. The van der Waals surface area contributed by atoms with E-state index in [0.717, 1.165) is 23.4 Å². The molecule has 0 unspecified atom stereocenters. The third-order valence-electron chi connectivity index (χ3n) is 3.79. The van der Waals surface area contributed by atoms with Gasteiger partial charge in [-0.3, -0.25) is 9.78 Å². The van der Waals surface area contributed by atoms with Gasteiger partial charge in [-0.15, -0.1) is 0 Å². The van der Waals surface area contributed by atoms with Crippen LogP contribution in [0.1, 0.15) is 28.7 Å². The number of carbonyl (C=O) groups is 1. The Morgan fingerprint density at radius 2 is 1.96 bits per heavy atom. The number of pyridine rings is 1. The molecule has 2 heterocycles. The molecular formula is C19H19N3O2. The van der Waals surface area contributed by atoms with Gasteiger partial charge in [0.2, 0.25) is 0 Å². The Kier molecular flexibility index (Phi) is 4.70. The van der Waals surface area contributed by atoms with Gasteiger partial charge in [-0.1, -0.05) is 42.4 Å². The largest absolute Gasteiger partial charge is 0.359 e. The third kappa shape index (κ3) is 3.51. The lowest BCUT2D eigenvalue weighted by Crippen LogP contribution is -2.26. The Morgan fingerprint density at radius 1 is 1.17 bits per heavy atom. The van der Waals surface area contributed by atoms with Gasteiger partial charge in [-0.25, -0.2) is 0 Å². The Morgan fingerprint density at radius 3 is 2.71 bits per heavy atom. The molecule has 0 aliphatic heterocycles. The standard InChI is InChI=1S/C19H19N3O2/c1-3-16-11-15(9-10-20-16)19(23)22(2)13-17-12-18(21-24-17)14-7-5-4-6-8-14/h4-12H,3,13H2,1-2H3. The monoisotopic (exact) mass is 321 g/mol. The van der Waals surface area contributed by atoms with E-state index < -0.39 is 0 Å². The first-order chi connectivity index (χ1) is 11.7. The van der Waals surface area contributed by atoms with Crippen LogP contribution in [0.25, 0.3) is 11.3 Å². The Hall–Kier alpha value is -2.95. The normalized spacial score (nSPS) is 10.6. The molecule has 1 amide bonds. The van der Waals surface area contributed by atoms with E-state index in [1.165, 1.54) is 0 Å². The molecule has 0 bridgehead atoms. The smallest absolute Gasteiger partial charge is 0.254 e. The van der Waals surface area contributed by atoms with Gasteiger partial charge >= 0.3 is 0 Å². The van der Waals surface area contributed by atoms with Gasteiger partial charge in [0.1, 0.15) is 5.69 Å². The topological polar surface area (TPSA) is 59.2 Å². The zero-order chi connectivity index (χ0) is 16.9. The average Bonchev–Trinajstić information content (AvgIpc) is 3.10. The molecule has 0 radical (unpaired) electrons. The maximum Gasteiger partial charge on any atom is 0.254 e. The van der Waals surface area contributed by atoms with E-state index >= 15 is 0 Å². The average molecular weight is 321 g/mol. The van der Waals surface area contributed by atoms with Crippen molar-refractivity contribution < 1.29 is 9.32 Å². The van der Waals surface area contributed by atoms with Gasteiger partial charge < -0.3 is 9.42 Å². The van der Waals surface area contributed by atoms with Crippen LogP contribution in [-0.2, 0) is 13.0 Å². The van der Waals surface area contributed by atoms with Crippen molar-refractivity contribution in [1.82, 2.24) is 15.0 Å². The van der Waals surface area contributed by atoms with Crippen molar-refractivity contribution in [3.63, 3.8) is 0 Å². The molecule has 0 N–H and O–H groups in total. The fourth-order valence-electron chi connectivity index (χ4n) is 2.46. The lowest BCUT2D eigenvalue weighted by atomic mass is 10.1. The number of nitrogens with zero attached hydrogens (tertiary/aromatic N) is 3. The van der Waals surface area contributed by atoms with Crippen LogP contribution in [0.2, 0.25) is 0 Å². The molecule has 5 nitrogen and oxygen atoms in total. The summed E-state index contributed by atoms with van der Waals surface area (Å²) >= 11 is 0. The zero-order valence-electron chi connectivity index (χ0n) is 13.8. The van der Waals surface area contributed by atoms with Crippen LogP contribution < -0.4 is 0 Å². The number of rotatable bonds is 5. The Balaban J connectivity index is 1.71.